The molecular formula is C17H32N2O. The molecule has 1 aliphatic carbocycles. The lowest BCUT2D eigenvalue weighted by molar-refractivity contribution is -0.122. The predicted molar refractivity (Wildman–Crippen MR) is 83.6 cm³/mol. The van der Waals surface area contributed by atoms with Crippen molar-refractivity contribution in [3.63, 3.8) is 0 Å². The summed E-state index contributed by atoms with van der Waals surface area (Å²) in [6, 6.07) is 0.928. The van der Waals surface area contributed by atoms with Gasteiger partial charge < -0.3 is 10.6 Å². The van der Waals surface area contributed by atoms with E-state index in [9.17, 15) is 4.79 Å². The van der Waals surface area contributed by atoms with Crippen molar-refractivity contribution >= 4 is 5.91 Å². The average molecular weight is 280 g/mol. The minimum atomic E-state index is 0.247. The van der Waals surface area contributed by atoms with E-state index in [1.807, 2.05) is 0 Å². The molecular weight excluding hydrogens is 248 g/mol. The minimum absolute atomic E-state index is 0.247. The van der Waals surface area contributed by atoms with Crippen LogP contribution >= 0.6 is 0 Å². The van der Waals surface area contributed by atoms with Crippen LogP contribution in [-0.2, 0) is 4.79 Å². The smallest absolute Gasteiger partial charge is 0.220 e. The first kappa shape index (κ1) is 15.8. The Morgan fingerprint density at radius 3 is 2.40 bits per heavy atom. The van der Waals surface area contributed by atoms with E-state index in [0.29, 0.717) is 29.3 Å². The number of carbonyl (C=O) groups is 1. The van der Waals surface area contributed by atoms with Gasteiger partial charge in [-0.1, -0.05) is 27.7 Å². The Balaban J connectivity index is 1.78. The van der Waals surface area contributed by atoms with Crippen molar-refractivity contribution < 1.29 is 4.79 Å². The summed E-state index contributed by atoms with van der Waals surface area (Å²) < 4.78 is 0. The first-order valence-corrected chi connectivity index (χ1v) is 8.29. The Hall–Kier alpha value is -0.570. The molecule has 2 fully saturated rings. The largest absolute Gasteiger partial charge is 0.353 e. The van der Waals surface area contributed by atoms with E-state index in [2.05, 4.69) is 38.3 Å². The minimum Gasteiger partial charge on any atom is -0.353 e. The molecule has 1 amide bonds. The maximum Gasteiger partial charge on any atom is 0.220 e. The lowest BCUT2D eigenvalue weighted by Crippen LogP contribution is -2.46. The summed E-state index contributed by atoms with van der Waals surface area (Å²) in [6.07, 6.45) is 7.64. The highest BCUT2D eigenvalue weighted by Crippen LogP contribution is 2.45. The Morgan fingerprint density at radius 1 is 1.20 bits per heavy atom. The summed E-state index contributed by atoms with van der Waals surface area (Å²) in [4.78, 5) is 12.2. The highest BCUT2D eigenvalue weighted by atomic mass is 16.1. The van der Waals surface area contributed by atoms with Crippen LogP contribution in [0.3, 0.4) is 0 Å². The Labute approximate surface area is 124 Å². The fourth-order valence-electron chi connectivity index (χ4n) is 4.56. The molecule has 0 aromatic rings. The summed E-state index contributed by atoms with van der Waals surface area (Å²) in [6.45, 7) is 10.4. The van der Waals surface area contributed by atoms with Crippen molar-refractivity contribution in [2.24, 2.45) is 10.8 Å². The van der Waals surface area contributed by atoms with Gasteiger partial charge in [0.1, 0.15) is 0 Å². The number of rotatable bonds is 4. The second-order valence-electron chi connectivity index (χ2n) is 8.51. The van der Waals surface area contributed by atoms with Crippen molar-refractivity contribution in [1.29, 1.82) is 0 Å². The number of amides is 1. The monoisotopic (exact) mass is 280 g/mol. The third kappa shape index (κ3) is 4.76. The number of nitrogens with one attached hydrogen (secondary N) is 2. The fourth-order valence-corrected chi connectivity index (χ4v) is 4.56. The van der Waals surface area contributed by atoms with E-state index in [1.165, 1.54) is 19.3 Å². The molecule has 1 unspecified atom stereocenters. The van der Waals surface area contributed by atoms with Crippen LogP contribution < -0.4 is 10.6 Å². The maximum absolute atomic E-state index is 12.2. The molecule has 2 rings (SSSR count). The van der Waals surface area contributed by atoms with Crippen LogP contribution in [-0.4, -0.2) is 24.5 Å². The molecule has 1 saturated heterocycles. The van der Waals surface area contributed by atoms with Gasteiger partial charge in [-0.05, 0) is 55.9 Å². The second kappa shape index (κ2) is 6.05. The van der Waals surface area contributed by atoms with E-state index < -0.39 is 0 Å². The molecule has 1 saturated carbocycles. The van der Waals surface area contributed by atoms with Crippen molar-refractivity contribution in [3.8, 4) is 0 Å². The van der Waals surface area contributed by atoms with E-state index in [4.69, 9.17) is 0 Å². The van der Waals surface area contributed by atoms with Crippen LogP contribution in [0.2, 0.25) is 0 Å². The lowest BCUT2D eigenvalue weighted by atomic mass is 9.63. The van der Waals surface area contributed by atoms with Crippen LogP contribution in [0.4, 0.5) is 0 Å². The molecule has 0 aromatic heterocycles. The van der Waals surface area contributed by atoms with E-state index in [1.54, 1.807) is 0 Å². The molecule has 1 aliphatic heterocycles. The van der Waals surface area contributed by atoms with Gasteiger partial charge in [0.15, 0.2) is 0 Å². The molecule has 0 aromatic carbocycles. The maximum atomic E-state index is 12.2. The highest BCUT2D eigenvalue weighted by molar-refractivity contribution is 5.76. The Kier molecular flexibility index (Phi) is 4.78. The Bertz CT molecular complexity index is 327. The van der Waals surface area contributed by atoms with Gasteiger partial charge in [-0.3, -0.25) is 4.79 Å². The van der Waals surface area contributed by atoms with E-state index in [0.717, 1.165) is 25.8 Å². The summed E-state index contributed by atoms with van der Waals surface area (Å²) in [5, 5.41) is 6.75. The zero-order valence-electron chi connectivity index (χ0n) is 13.7. The summed E-state index contributed by atoms with van der Waals surface area (Å²) in [5.74, 6) is 0.247. The van der Waals surface area contributed by atoms with Gasteiger partial charge in [0.05, 0.1) is 0 Å². The molecule has 0 bridgehead atoms. The molecule has 2 N–H and O–H groups in total. The Morgan fingerprint density at radius 2 is 1.85 bits per heavy atom. The second-order valence-corrected chi connectivity index (χ2v) is 8.51. The van der Waals surface area contributed by atoms with Crippen molar-refractivity contribution in [1.82, 2.24) is 10.6 Å². The van der Waals surface area contributed by atoms with Crippen LogP contribution in [0.5, 0.6) is 0 Å². The molecule has 0 radical (unpaired) electrons. The third-order valence-electron chi connectivity index (χ3n) is 4.80. The van der Waals surface area contributed by atoms with Crippen LogP contribution in [0, 0.1) is 10.8 Å². The van der Waals surface area contributed by atoms with E-state index >= 15 is 0 Å². The topological polar surface area (TPSA) is 41.1 Å². The SMILES string of the molecule is CC1(C)CC(NC(=O)CCC2CCCN2)CC(C)(C)C1. The van der Waals surface area contributed by atoms with Crippen molar-refractivity contribution in [2.45, 2.75) is 84.7 Å². The van der Waals surface area contributed by atoms with Gasteiger partial charge in [-0.15, -0.1) is 0 Å². The third-order valence-corrected chi connectivity index (χ3v) is 4.80. The van der Waals surface area contributed by atoms with E-state index in [-0.39, 0.29) is 5.91 Å². The number of hydrogen-bond donors (Lipinski definition) is 2. The first-order chi connectivity index (χ1) is 9.26. The summed E-state index contributed by atoms with van der Waals surface area (Å²) in [7, 11) is 0. The van der Waals surface area contributed by atoms with Crippen molar-refractivity contribution in [3.05, 3.63) is 0 Å². The normalized spacial score (nSPS) is 29.3. The van der Waals surface area contributed by atoms with Crippen molar-refractivity contribution in [2.75, 3.05) is 6.54 Å². The highest BCUT2D eigenvalue weighted by Gasteiger charge is 2.38. The zero-order valence-corrected chi connectivity index (χ0v) is 13.7. The van der Waals surface area contributed by atoms with Gasteiger partial charge in [-0.2, -0.15) is 0 Å². The molecule has 0 spiro atoms. The van der Waals surface area contributed by atoms with Crippen LogP contribution in [0.15, 0.2) is 0 Å². The molecule has 3 heteroatoms. The molecule has 116 valence electrons. The zero-order chi connectivity index (χ0) is 14.8. The van der Waals surface area contributed by atoms with Gasteiger partial charge in [0.25, 0.3) is 0 Å². The van der Waals surface area contributed by atoms with Gasteiger partial charge >= 0.3 is 0 Å². The first-order valence-electron chi connectivity index (χ1n) is 8.29. The average Bonchev–Trinajstić information content (AvgIpc) is 2.74. The van der Waals surface area contributed by atoms with Gasteiger partial charge in [0, 0.05) is 18.5 Å². The molecule has 1 heterocycles. The fraction of sp³-hybridized carbons (Fsp3) is 0.941. The molecule has 3 nitrogen and oxygen atoms in total. The number of carbonyl (C=O) groups excluding carboxylic acids is 1. The van der Waals surface area contributed by atoms with Crippen LogP contribution in [0.1, 0.15) is 72.6 Å². The molecule has 2 aliphatic rings. The van der Waals surface area contributed by atoms with Crippen LogP contribution in [0.25, 0.3) is 0 Å². The van der Waals surface area contributed by atoms with Gasteiger partial charge in [0.2, 0.25) is 5.91 Å². The summed E-state index contributed by atoms with van der Waals surface area (Å²) in [5.41, 5.74) is 0.680. The number of hydrogen-bond acceptors (Lipinski definition) is 2. The molecule has 20 heavy (non-hydrogen) atoms. The molecule has 1 atom stereocenters. The summed E-state index contributed by atoms with van der Waals surface area (Å²) >= 11 is 0. The van der Waals surface area contributed by atoms with Gasteiger partial charge in [-0.25, -0.2) is 0 Å². The quantitative estimate of drug-likeness (QED) is 0.830. The predicted octanol–water partition coefficient (Wildman–Crippen LogP) is 3.24. The standard InChI is InChI=1S/C17H32N2O/c1-16(2)10-14(11-17(3,4)12-16)19-15(20)8-7-13-6-5-9-18-13/h13-14,18H,5-12H2,1-4H3,(H,19,20). The lowest BCUT2D eigenvalue weighted by Gasteiger charge is -2.45.